The summed E-state index contributed by atoms with van der Waals surface area (Å²) in [4.78, 5) is 38.4. The van der Waals surface area contributed by atoms with E-state index in [-0.39, 0.29) is 24.2 Å². The number of aromatic nitrogens is 1. The van der Waals surface area contributed by atoms with E-state index in [2.05, 4.69) is 0 Å². The van der Waals surface area contributed by atoms with Crippen molar-refractivity contribution in [1.29, 1.82) is 0 Å². The smallest absolute Gasteiger partial charge is 0.355 e. The SMILES string of the molecule is COC(=O)c1c(-c2cc(OC)c(OC)c(OC)c2)c2ccc(OCc3ccccc3)cc2c(=O)n1CCC(=O)O. The summed E-state index contributed by atoms with van der Waals surface area (Å²) in [5.41, 5.74) is 1.08. The molecule has 10 heteroatoms. The van der Waals surface area contributed by atoms with E-state index >= 15 is 0 Å². The molecule has 4 aromatic rings. The van der Waals surface area contributed by atoms with Gasteiger partial charge >= 0.3 is 11.9 Å². The Morgan fingerprint density at radius 3 is 2.10 bits per heavy atom. The van der Waals surface area contributed by atoms with Gasteiger partial charge in [-0.25, -0.2) is 4.79 Å². The highest BCUT2D eigenvalue weighted by atomic mass is 16.5. The van der Waals surface area contributed by atoms with Gasteiger partial charge in [0.15, 0.2) is 11.5 Å². The fraction of sp³-hybridized carbons (Fsp3) is 0.233. The van der Waals surface area contributed by atoms with Gasteiger partial charge in [-0.1, -0.05) is 30.3 Å². The molecule has 0 spiro atoms. The second-order valence-corrected chi connectivity index (χ2v) is 8.71. The molecule has 4 rings (SSSR count). The van der Waals surface area contributed by atoms with E-state index in [9.17, 15) is 19.5 Å². The van der Waals surface area contributed by atoms with Crippen LogP contribution < -0.4 is 24.5 Å². The van der Waals surface area contributed by atoms with Gasteiger partial charge in [-0.3, -0.25) is 9.59 Å². The standard InChI is InChI=1S/C30H29NO9/c1-36-23-14-19(15-24(37-2)28(23)38-3)26-21-11-10-20(40-17-18-8-6-5-7-9-18)16-22(21)29(34)31(13-12-25(32)33)27(26)30(35)39-4/h5-11,14-16H,12-13,17H2,1-4H3,(H,32,33). The minimum absolute atomic E-state index is 0.103. The number of esters is 1. The number of benzene rings is 3. The van der Waals surface area contributed by atoms with Gasteiger partial charge in [0, 0.05) is 12.1 Å². The highest BCUT2D eigenvalue weighted by molar-refractivity contribution is 6.07. The lowest BCUT2D eigenvalue weighted by molar-refractivity contribution is -0.137. The predicted molar refractivity (Wildman–Crippen MR) is 148 cm³/mol. The van der Waals surface area contributed by atoms with Crippen LogP contribution in [0, 0.1) is 0 Å². The van der Waals surface area contributed by atoms with E-state index in [1.54, 1.807) is 30.3 Å². The number of fused-ring (bicyclic) bond motifs is 1. The van der Waals surface area contributed by atoms with Crippen molar-refractivity contribution in [2.75, 3.05) is 28.4 Å². The number of carbonyl (C=O) groups excluding carboxylic acids is 1. The lowest BCUT2D eigenvalue weighted by Crippen LogP contribution is -2.29. The average molecular weight is 548 g/mol. The van der Waals surface area contributed by atoms with Gasteiger partial charge < -0.3 is 33.4 Å². The van der Waals surface area contributed by atoms with Crippen molar-refractivity contribution >= 4 is 22.7 Å². The first kappa shape index (κ1) is 28.0. The minimum Gasteiger partial charge on any atom is -0.493 e. The van der Waals surface area contributed by atoms with E-state index in [1.165, 1.54) is 28.4 Å². The Hall–Kier alpha value is -4.99. The van der Waals surface area contributed by atoms with Gasteiger partial charge in [-0.2, -0.15) is 0 Å². The van der Waals surface area contributed by atoms with Crippen LogP contribution in [0.15, 0.2) is 65.5 Å². The molecule has 0 fully saturated rings. The van der Waals surface area contributed by atoms with Crippen molar-refractivity contribution in [2.45, 2.75) is 19.6 Å². The van der Waals surface area contributed by atoms with Crippen LogP contribution in [0.2, 0.25) is 0 Å². The summed E-state index contributed by atoms with van der Waals surface area (Å²) in [7, 11) is 5.59. The molecule has 0 unspecified atom stereocenters. The maximum atomic E-state index is 13.8. The first-order chi connectivity index (χ1) is 19.3. The molecule has 0 aliphatic rings. The molecular weight excluding hydrogens is 518 g/mol. The van der Waals surface area contributed by atoms with Gasteiger partial charge in [0.05, 0.1) is 40.2 Å². The lowest BCUT2D eigenvalue weighted by Gasteiger charge is -2.20. The maximum absolute atomic E-state index is 13.8. The summed E-state index contributed by atoms with van der Waals surface area (Å²) in [5.74, 6) is -0.512. The summed E-state index contributed by atoms with van der Waals surface area (Å²) >= 11 is 0. The first-order valence-electron chi connectivity index (χ1n) is 12.3. The number of methoxy groups -OCH3 is 4. The Morgan fingerprint density at radius 1 is 0.850 bits per heavy atom. The van der Waals surface area contributed by atoms with Crippen molar-refractivity contribution in [3.05, 3.63) is 82.3 Å². The molecule has 3 aromatic carbocycles. The highest BCUT2D eigenvalue weighted by Gasteiger charge is 2.26. The summed E-state index contributed by atoms with van der Waals surface area (Å²) in [5, 5.41) is 10.0. The largest absolute Gasteiger partial charge is 0.493 e. The van der Waals surface area contributed by atoms with Crippen molar-refractivity contribution < 1.29 is 38.4 Å². The number of pyridine rings is 1. The first-order valence-corrected chi connectivity index (χ1v) is 12.3. The Labute approximate surface area is 230 Å². The zero-order chi connectivity index (χ0) is 28.8. The Kier molecular flexibility index (Phi) is 8.58. The molecule has 40 heavy (non-hydrogen) atoms. The molecule has 10 nitrogen and oxygen atoms in total. The molecular formula is C30H29NO9. The summed E-state index contributed by atoms with van der Waals surface area (Å²) in [6.45, 7) is 0.0145. The van der Waals surface area contributed by atoms with Crippen LogP contribution in [0.25, 0.3) is 21.9 Å². The Balaban J connectivity index is 2.02. The third kappa shape index (κ3) is 5.56. The average Bonchev–Trinajstić information content (AvgIpc) is 2.98. The van der Waals surface area contributed by atoms with Crippen LogP contribution in [0.3, 0.4) is 0 Å². The van der Waals surface area contributed by atoms with Crippen molar-refractivity contribution in [1.82, 2.24) is 4.57 Å². The summed E-state index contributed by atoms with van der Waals surface area (Å²) in [6, 6.07) is 17.8. The topological polar surface area (TPSA) is 123 Å². The van der Waals surface area contributed by atoms with Crippen molar-refractivity contribution in [2.24, 2.45) is 0 Å². The molecule has 0 amide bonds. The van der Waals surface area contributed by atoms with E-state index < -0.39 is 23.9 Å². The number of rotatable bonds is 11. The fourth-order valence-electron chi connectivity index (χ4n) is 4.51. The number of aliphatic carboxylic acids is 1. The zero-order valence-electron chi connectivity index (χ0n) is 22.6. The van der Waals surface area contributed by atoms with Crippen molar-refractivity contribution in [3.63, 3.8) is 0 Å². The minimum atomic E-state index is -1.13. The van der Waals surface area contributed by atoms with Gasteiger partial charge in [-0.15, -0.1) is 0 Å². The van der Waals surface area contributed by atoms with Gasteiger partial charge in [-0.05, 0) is 46.8 Å². The summed E-state index contributed by atoms with van der Waals surface area (Å²) in [6.07, 6.45) is -0.395. The van der Waals surface area contributed by atoms with E-state index in [4.69, 9.17) is 23.7 Å². The normalized spacial score (nSPS) is 10.7. The Bertz CT molecular complexity index is 1580. The van der Waals surface area contributed by atoms with Crippen LogP contribution in [0.4, 0.5) is 0 Å². The molecule has 0 aliphatic carbocycles. The molecule has 0 atom stereocenters. The molecule has 1 aromatic heterocycles. The number of nitrogens with zero attached hydrogens (tertiary/aromatic N) is 1. The van der Waals surface area contributed by atoms with Crippen LogP contribution in [0.5, 0.6) is 23.0 Å². The van der Waals surface area contributed by atoms with Crippen molar-refractivity contribution in [3.8, 4) is 34.1 Å². The molecule has 208 valence electrons. The molecule has 0 saturated carbocycles. The van der Waals surface area contributed by atoms with E-state index in [0.717, 1.165) is 10.1 Å². The molecule has 0 radical (unpaired) electrons. The molecule has 0 saturated heterocycles. The number of hydrogen-bond acceptors (Lipinski definition) is 8. The quantitative estimate of drug-likeness (QED) is 0.270. The monoisotopic (exact) mass is 547 g/mol. The number of hydrogen-bond donors (Lipinski definition) is 1. The molecule has 1 N–H and O–H groups in total. The van der Waals surface area contributed by atoms with Crippen LogP contribution in [-0.2, 0) is 22.7 Å². The van der Waals surface area contributed by atoms with Crippen LogP contribution in [0.1, 0.15) is 22.5 Å². The fourth-order valence-corrected chi connectivity index (χ4v) is 4.51. The van der Waals surface area contributed by atoms with Gasteiger partial charge in [0.1, 0.15) is 18.1 Å². The van der Waals surface area contributed by atoms with E-state index in [1.807, 2.05) is 30.3 Å². The predicted octanol–water partition coefficient (Wildman–Crippen LogP) is 4.53. The van der Waals surface area contributed by atoms with Crippen LogP contribution >= 0.6 is 0 Å². The number of ether oxygens (including phenoxy) is 5. The third-order valence-corrected chi connectivity index (χ3v) is 6.37. The molecule has 0 aliphatic heterocycles. The van der Waals surface area contributed by atoms with Gasteiger partial charge in [0.25, 0.3) is 5.56 Å². The maximum Gasteiger partial charge on any atom is 0.355 e. The molecule has 1 heterocycles. The van der Waals surface area contributed by atoms with Gasteiger partial charge in [0.2, 0.25) is 5.75 Å². The number of carbonyl (C=O) groups is 2. The highest BCUT2D eigenvalue weighted by Crippen LogP contribution is 2.43. The summed E-state index contributed by atoms with van der Waals surface area (Å²) < 4.78 is 28.6. The lowest BCUT2D eigenvalue weighted by atomic mass is 9.95. The Morgan fingerprint density at radius 2 is 1.52 bits per heavy atom. The third-order valence-electron chi connectivity index (χ3n) is 6.37. The van der Waals surface area contributed by atoms with Crippen LogP contribution in [-0.4, -0.2) is 50.1 Å². The zero-order valence-corrected chi connectivity index (χ0v) is 22.6. The second-order valence-electron chi connectivity index (χ2n) is 8.71. The number of carboxylic acid groups (broad SMARTS) is 1. The second kappa shape index (κ2) is 12.2. The number of carboxylic acids is 1. The van der Waals surface area contributed by atoms with E-state index in [0.29, 0.717) is 39.5 Å². The molecule has 0 bridgehead atoms.